The second-order valence-corrected chi connectivity index (χ2v) is 6.63. The van der Waals surface area contributed by atoms with E-state index in [0.29, 0.717) is 18.5 Å². The van der Waals surface area contributed by atoms with Crippen LogP contribution >= 0.6 is 0 Å². The summed E-state index contributed by atoms with van der Waals surface area (Å²) in [7, 11) is -0.102. The van der Waals surface area contributed by atoms with E-state index in [2.05, 4.69) is 5.32 Å². The van der Waals surface area contributed by atoms with Gasteiger partial charge in [-0.15, -0.1) is 0 Å². The number of rotatable bonds is 7. The standard InChI is InChI=1S/C13H21FN2O2S/c1-11(12-7-4-5-8-13(12)14)16(3)19(17,18)10-6-9-15-2/h4-5,7-8,11,15H,6,9-10H2,1-3H3. The number of hydrogen-bond acceptors (Lipinski definition) is 3. The summed E-state index contributed by atoms with van der Waals surface area (Å²) in [5, 5.41) is 2.91. The van der Waals surface area contributed by atoms with Crippen LogP contribution in [0.5, 0.6) is 0 Å². The first kappa shape index (κ1) is 16.1. The van der Waals surface area contributed by atoms with E-state index in [9.17, 15) is 12.8 Å². The molecule has 4 nitrogen and oxygen atoms in total. The smallest absolute Gasteiger partial charge is 0.214 e. The minimum atomic E-state index is -3.37. The molecule has 0 amide bonds. The average molecular weight is 288 g/mol. The molecule has 0 aliphatic heterocycles. The number of halogens is 1. The Kier molecular flexibility index (Phi) is 5.90. The summed E-state index contributed by atoms with van der Waals surface area (Å²) in [6.07, 6.45) is 0.535. The van der Waals surface area contributed by atoms with Gasteiger partial charge in [0, 0.05) is 18.7 Å². The second kappa shape index (κ2) is 6.98. The molecule has 0 saturated heterocycles. The molecule has 1 aromatic carbocycles. The number of nitrogens with one attached hydrogen (secondary N) is 1. The SMILES string of the molecule is CNCCCS(=O)(=O)N(C)C(C)c1ccccc1F. The molecule has 108 valence electrons. The fourth-order valence-corrected chi connectivity index (χ4v) is 3.22. The van der Waals surface area contributed by atoms with Gasteiger partial charge in [0.2, 0.25) is 10.0 Å². The summed E-state index contributed by atoms with van der Waals surface area (Å²) in [5.41, 5.74) is 0.391. The molecule has 0 spiro atoms. The van der Waals surface area contributed by atoms with Crippen molar-refractivity contribution in [3.8, 4) is 0 Å². The fourth-order valence-electron chi connectivity index (χ4n) is 1.83. The van der Waals surface area contributed by atoms with Gasteiger partial charge in [0.1, 0.15) is 5.82 Å². The Morgan fingerprint density at radius 3 is 2.58 bits per heavy atom. The van der Waals surface area contributed by atoms with Gasteiger partial charge in [-0.05, 0) is 33.0 Å². The third-order valence-electron chi connectivity index (χ3n) is 3.17. The molecule has 1 atom stereocenters. The number of nitrogens with zero attached hydrogens (tertiary/aromatic N) is 1. The minimum absolute atomic E-state index is 0.0587. The van der Waals surface area contributed by atoms with Crippen molar-refractivity contribution in [1.29, 1.82) is 0 Å². The van der Waals surface area contributed by atoms with E-state index in [1.165, 1.54) is 17.4 Å². The van der Waals surface area contributed by atoms with Crippen LogP contribution in [-0.4, -0.2) is 39.1 Å². The Hall–Kier alpha value is -0.980. The summed E-state index contributed by atoms with van der Waals surface area (Å²) in [6.45, 7) is 2.33. The largest absolute Gasteiger partial charge is 0.320 e. The van der Waals surface area contributed by atoms with E-state index in [0.717, 1.165) is 0 Å². The maximum Gasteiger partial charge on any atom is 0.214 e. The molecular formula is C13H21FN2O2S. The van der Waals surface area contributed by atoms with Crippen LogP contribution in [0.4, 0.5) is 4.39 Å². The van der Waals surface area contributed by atoms with Crippen LogP contribution in [-0.2, 0) is 10.0 Å². The van der Waals surface area contributed by atoms with Crippen molar-refractivity contribution in [1.82, 2.24) is 9.62 Å². The predicted octanol–water partition coefficient (Wildman–Crippen LogP) is 1.76. The summed E-state index contributed by atoms with van der Waals surface area (Å²) >= 11 is 0. The fraction of sp³-hybridized carbons (Fsp3) is 0.538. The highest BCUT2D eigenvalue weighted by Crippen LogP contribution is 2.24. The Morgan fingerprint density at radius 2 is 2.00 bits per heavy atom. The third-order valence-corrected chi connectivity index (χ3v) is 5.17. The molecule has 0 aliphatic rings. The first-order valence-corrected chi connectivity index (χ1v) is 7.86. The van der Waals surface area contributed by atoms with E-state index in [1.807, 2.05) is 0 Å². The lowest BCUT2D eigenvalue weighted by atomic mass is 10.1. The van der Waals surface area contributed by atoms with Crippen LogP contribution in [0.2, 0.25) is 0 Å². The molecule has 1 aromatic rings. The first-order valence-electron chi connectivity index (χ1n) is 6.25. The van der Waals surface area contributed by atoms with Crippen LogP contribution in [0, 0.1) is 5.82 Å². The van der Waals surface area contributed by atoms with E-state index < -0.39 is 16.1 Å². The Morgan fingerprint density at radius 1 is 1.37 bits per heavy atom. The molecule has 0 bridgehead atoms. The Labute approximate surface area is 114 Å². The zero-order chi connectivity index (χ0) is 14.5. The molecule has 19 heavy (non-hydrogen) atoms. The van der Waals surface area contributed by atoms with E-state index >= 15 is 0 Å². The van der Waals surface area contributed by atoms with Crippen molar-refractivity contribution >= 4 is 10.0 Å². The lowest BCUT2D eigenvalue weighted by Gasteiger charge is -2.25. The molecule has 0 aliphatic carbocycles. The van der Waals surface area contributed by atoms with Crippen molar-refractivity contribution < 1.29 is 12.8 Å². The molecule has 0 saturated carbocycles. The van der Waals surface area contributed by atoms with Gasteiger partial charge in [-0.25, -0.2) is 12.8 Å². The molecule has 1 rings (SSSR count). The van der Waals surface area contributed by atoms with Gasteiger partial charge in [-0.2, -0.15) is 4.31 Å². The normalized spacial score (nSPS) is 13.7. The highest BCUT2D eigenvalue weighted by atomic mass is 32.2. The van der Waals surface area contributed by atoms with Crippen LogP contribution in [0.25, 0.3) is 0 Å². The van der Waals surface area contributed by atoms with Crippen molar-refractivity contribution in [3.05, 3.63) is 35.6 Å². The average Bonchev–Trinajstić information content (AvgIpc) is 2.38. The lowest BCUT2D eigenvalue weighted by molar-refractivity contribution is 0.387. The molecule has 1 N–H and O–H groups in total. The maximum atomic E-state index is 13.7. The van der Waals surface area contributed by atoms with Gasteiger partial charge in [-0.3, -0.25) is 0 Å². The Bertz CT molecular complexity index is 505. The highest BCUT2D eigenvalue weighted by Gasteiger charge is 2.25. The number of sulfonamides is 1. The van der Waals surface area contributed by atoms with Gasteiger partial charge >= 0.3 is 0 Å². The van der Waals surface area contributed by atoms with Crippen LogP contribution in [0.1, 0.15) is 24.9 Å². The molecule has 6 heteroatoms. The van der Waals surface area contributed by atoms with Crippen LogP contribution < -0.4 is 5.32 Å². The van der Waals surface area contributed by atoms with Crippen molar-refractivity contribution in [3.63, 3.8) is 0 Å². The van der Waals surface area contributed by atoms with Gasteiger partial charge in [0.05, 0.1) is 5.75 Å². The zero-order valence-corrected chi connectivity index (χ0v) is 12.4. The van der Waals surface area contributed by atoms with Crippen molar-refractivity contribution in [2.75, 3.05) is 26.4 Å². The summed E-state index contributed by atoms with van der Waals surface area (Å²) in [5.74, 6) is -0.323. The number of hydrogen-bond donors (Lipinski definition) is 1. The van der Waals surface area contributed by atoms with E-state index in [-0.39, 0.29) is 11.6 Å². The molecule has 0 aromatic heterocycles. The summed E-state index contributed by atoms with van der Waals surface area (Å²) < 4.78 is 39.1. The van der Waals surface area contributed by atoms with Crippen LogP contribution in [0.15, 0.2) is 24.3 Å². The lowest BCUT2D eigenvalue weighted by Crippen LogP contribution is -2.33. The molecule has 0 fully saturated rings. The first-order chi connectivity index (χ1) is 8.90. The summed E-state index contributed by atoms with van der Waals surface area (Å²) in [6, 6.07) is 5.73. The van der Waals surface area contributed by atoms with Crippen molar-refractivity contribution in [2.45, 2.75) is 19.4 Å². The van der Waals surface area contributed by atoms with E-state index in [1.54, 1.807) is 32.2 Å². The van der Waals surface area contributed by atoms with Crippen molar-refractivity contribution in [2.24, 2.45) is 0 Å². The zero-order valence-electron chi connectivity index (χ0n) is 11.6. The molecule has 0 heterocycles. The minimum Gasteiger partial charge on any atom is -0.320 e. The number of benzene rings is 1. The van der Waals surface area contributed by atoms with Gasteiger partial charge < -0.3 is 5.32 Å². The predicted molar refractivity (Wildman–Crippen MR) is 74.9 cm³/mol. The molecular weight excluding hydrogens is 267 g/mol. The van der Waals surface area contributed by atoms with Gasteiger partial charge in [0.15, 0.2) is 0 Å². The molecule has 1 unspecified atom stereocenters. The second-order valence-electron chi connectivity index (χ2n) is 4.49. The van der Waals surface area contributed by atoms with Gasteiger partial charge in [-0.1, -0.05) is 18.2 Å². The monoisotopic (exact) mass is 288 g/mol. The quantitative estimate of drug-likeness (QED) is 0.778. The Balaban J connectivity index is 2.82. The highest BCUT2D eigenvalue weighted by molar-refractivity contribution is 7.89. The third kappa shape index (κ3) is 4.26. The van der Waals surface area contributed by atoms with Crippen LogP contribution in [0.3, 0.4) is 0 Å². The van der Waals surface area contributed by atoms with Gasteiger partial charge in [0.25, 0.3) is 0 Å². The topological polar surface area (TPSA) is 49.4 Å². The summed E-state index contributed by atoms with van der Waals surface area (Å²) in [4.78, 5) is 0. The van der Waals surface area contributed by atoms with E-state index in [4.69, 9.17) is 0 Å². The molecule has 0 radical (unpaired) electrons. The maximum absolute atomic E-state index is 13.7.